The zero-order valence-corrected chi connectivity index (χ0v) is 11.8. The van der Waals surface area contributed by atoms with Crippen molar-refractivity contribution >= 4 is 10.0 Å². The Hall–Kier alpha value is -1.43. The maximum atomic E-state index is 12.3. The lowest BCUT2D eigenvalue weighted by atomic mass is 9.91. The first kappa shape index (κ1) is 14.0. The molecule has 8 heteroatoms. The van der Waals surface area contributed by atoms with Crippen molar-refractivity contribution in [1.29, 1.82) is 5.26 Å². The highest BCUT2D eigenvalue weighted by molar-refractivity contribution is 7.89. The Morgan fingerprint density at radius 2 is 2.16 bits per heavy atom. The van der Waals surface area contributed by atoms with Crippen LogP contribution >= 0.6 is 0 Å². The van der Waals surface area contributed by atoms with Gasteiger partial charge in [-0.15, -0.1) is 0 Å². The summed E-state index contributed by atoms with van der Waals surface area (Å²) in [6, 6.07) is 2.13. The van der Waals surface area contributed by atoms with Crippen LogP contribution in [0.15, 0.2) is 11.1 Å². The standard InChI is InChI=1S/C11H17N5O2S/c1-9-10(7-13-14-9)19(17,18)15-11(8-12)3-5-16(2)6-4-11/h7,15H,3-6H2,1-2H3,(H,13,14). The van der Waals surface area contributed by atoms with E-state index in [0.29, 0.717) is 31.6 Å². The highest BCUT2D eigenvalue weighted by atomic mass is 32.2. The highest BCUT2D eigenvalue weighted by Crippen LogP contribution is 2.24. The third-order valence-electron chi connectivity index (χ3n) is 3.46. The Morgan fingerprint density at radius 3 is 2.63 bits per heavy atom. The Morgan fingerprint density at radius 1 is 1.53 bits per heavy atom. The summed E-state index contributed by atoms with van der Waals surface area (Å²) >= 11 is 0. The van der Waals surface area contributed by atoms with Gasteiger partial charge < -0.3 is 4.90 Å². The largest absolute Gasteiger partial charge is 0.306 e. The normalized spacial score (nSPS) is 20.1. The van der Waals surface area contributed by atoms with Crippen LogP contribution in [0, 0.1) is 18.3 Å². The van der Waals surface area contributed by atoms with Gasteiger partial charge in [-0.05, 0) is 26.8 Å². The van der Waals surface area contributed by atoms with Crippen molar-refractivity contribution in [3.8, 4) is 6.07 Å². The van der Waals surface area contributed by atoms with E-state index in [-0.39, 0.29) is 4.90 Å². The molecule has 0 radical (unpaired) electrons. The fourth-order valence-corrected chi connectivity index (χ4v) is 3.67. The Bertz CT molecular complexity index is 593. The average molecular weight is 283 g/mol. The van der Waals surface area contributed by atoms with Crippen LogP contribution in [-0.2, 0) is 10.0 Å². The molecule has 0 aliphatic carbocycles. The van der Waals surface area contributed by atoms with Crippen LogP contribution in [0.5, 0.6) is 0 Å². The van der Waals surface area contributed by atoms with Gasteiger partial charge in [0.05, 0.1) is 18.0 Å². The maximum Gasteiger partial charge on any atom is 0.245 e. The van der Waals surface area contributed by atoms with Gasteiger partial charge in [0.15, 0.2) is 0 Å². The van der Waals surface area contributed by atoms with Crippen LogP contribution < -0.4 is 4.72 Å². The van der Waals surface area contributed by atoms with Crippen LogP contribution in [-0.4, -0.2) is 49.2 Å². The number of likely N-dealkylation sites (tertiary alicyclic amines) is 1. The minimum absolute atomic E-state index is 0.0982. The van der Waals surface area contributed by atoms with Crippen molar-refractivity contribution in [2.45, 2.75) is 30.2 Å². The number of aromatic amines is 1. The maximum absolute atomic E-state index is 12.3. The minimum atomic E-state index is -3.72. The van der Waals surface area contributed by atoms with E-state index in [9.17, 15) is 13.7 Å². The number of aryl methyl sites for hydroxylation is 1. The van der Waals surface area contributed by atoms with Gasteiger partial charge in [0, 0.05) is 13.1 Å². The first-order chi connectivity index (χ1) is 8.88. The van der Waals surface area contributed by atoms with Crippen molar-refractivity contribution in [2.24, 2.45) is 0 Å². The van der Waals surface area contributed by atoms with Gasteiger partial charge in [-0.2, -0.15) is 15.1 Å². The van der Waals surface area contributed by atoms with Crippen molar-refractivity contribution < 1.29 is 8.42 Å². The second kappa shape index (κ2) is 4.92. The molecule has 2 rings (SSSR count). The Balaban J connectivity index is 2.24. The smallest absolute Gasteiger partial charge is 0.245 e. The molecule has 1 fully saturated rings. The molecule has 2 N–H and O–H groups in total. The molecule has 1 aliphatic heterocycles. The molecule has 0 spiro atoms. The third kappa shape index (κ3) is 2.78. The number of rotatable bonds is 3. The number of piperidine rings is 1. The van der Waals surface area contributed by atoms with Crippen LogP contribution in [0.2, 0.25) is 0 Å². The van der Waals surface area contributed by atoms with E-state index in [4.69, 9.17) is 0 Å². The fourth-order valence-electron chi connectivity index (χ4n) is 2.16. The van der Waals surface area contributed by atoms with Gasteiger partial charge >= 0.3 is 0 Å². The van der Waals surface area contributed by atoms with E-state index in [2.05, 4.69) is 25.9 Å². The van der Waals surface area contributed by atoms with Crippen molar-refractivity contribution in [3.63, 3.8) is 0 Å². The average Bonchev–Trinajstić information content (AvgIpc) is 2.79. The lowest BCUT2D eigenvalue weighted by Crippen LogP contribution is -2.53. The van der Waals surface area contributed by atoms with Gasteiger partial charge in [-0.1, -0.05) is 0 Å². The van der Waals surface area contributed by atoms with E-state index in [1.807, 2.05) is 7.05 Å². The molecule has 19 heavy (non-hydrogen) atoms. The van der Waals surface area contributed by atoms with Gasteiger partial charge in [-0.25, -0.2) is 8.42 Å². The molecule has 0 unspecified atom stereocenters. The number of H-pyrrole nitrogens is 1. The van der Waals surface area contributed by atoms with E-state index in [0.717, 1.165) is 0 Å². The summed E-state index contributed by atoms with van der Waals surface area (Å²) in [4.78, 5) is 2.17. The summed E-state index contributed by atoms with van der Waals surface area (Å²) in [5.41, 5.74) is -0.553. The monoisotopic (exact) mass is 283 g/mol. The minimum Gasteiger partial charge on any atom is -0.306 e. The number of nitrogens with one attached hydrogen (secondary N) is 2. The Labute approximate surface area is 112 Å². The number of aromatic nitrogens is 2. The molecule has 0 bridgehead atoms. The second-order valence-corrected chi connectivity index (χ2v) is 6.61. The summed E-state index contributed by atoms with van der Waals surface area (Å²) in [6.07, 6.45) is 2.23. The summed E-state index contributed by atoms with van der Waals surface area (Å²) in [5, 5.41) is 15.6. The lowest BCUT2D eigenvalue weighted by Gasteiger charge is -2.35. The second-order valence-electron chi connectivity index (χ2n) is 4.96. The van der Waals surface area contributed by atoms with E-state index >= 15 is 0 Å². The number of hydrogen-bond donors (Lipinski definition) is 2. The number of nitriles is 1. The molecule has 1 aliphatic rings. The van der Waals surface area contributed by atoms with Crippen molar-refractivity contribution in [2.75, 3.05) is 20.1 Å². The molecule has 0 aromatic carbocycles. The van der Waals surface area contributed by atoms with E-state index in [1.165, 1.54) is 6.20 Å². The molecule has 1 aromatic rings. The molecule has 0 amide bonds. The summed E-state index contributed by atoms with van der Waals surface area (Å²) in [5.74, 6) is 0. The molecule has 1 saturated heterocycles. The highest BCUT2D eigenvalue weighted by Gasteiger charge is 2.38. The molecule has 7 nitrogen and oxygen atoms in total. The van der Waals surface area contributed by atoms with Crippen LogP contribution in [0.3, 0.4) is 0 Å². The number of nitrogens with zero attached hydrogens (tertiary/aromatic N) is 3. The fraction of sp³-hybridized carbons (Fsp3) is 0.636. The van der Waals surface area contributed by atoms with Gasteiger partial charge in [0.2, 0.25) is 10.0 Å². The molecule has 0 saturated carbocycles. The third-order valence-corrected chi connectivity index (χ3v) is 5.11. The SMILES string of the molecule is Cc1[nH]ncc1S(=O)(=O)NC1(C#N)CCN(C)CC1. The summed E-state index contributed by atoms with van der Waals surface area (Å²) < 4.78 is 27.1. The van der Waals surface area contributed by atoms with Gasteiger partial charge in [0.1, 0.15) is 10.4 Å². The Kier molecular flexibility index (Phi) is 3.62. The zero-order chi connectivity index (χ0) is 14.1. The van der Waals surface area contributed by atoms with Crippen molar-refractivity contribution in [3.05, 3.63) is 11.9 Å². The first-order valence-electron chi connectivity index (χ1n) is 6.02. The summed E-state index contributed by atoms with van der Waals surface area (Å²) in [7, 11) is -1.77. The molecule has 0 atom stereocenters. The van der Waals surface area contributed by atoms with Crippen LogP contribution in [0.1, 0.15) is 18.5 Å². The number of hydrogen-bond acceptors (Lipinski definition) is 5. The predicted molar refractivity (Wildman–Crippen MR) is 68.7 cm³/mol. The van der Waals surface area contributed by atoms with Crippen molar-refractivity contribution in [1.82, 2.24) is 19.8 Å². The lowest BCUT2D eigenvalue weighted by molar-refractivity contribution is 0.213. The van der Waals surface area contributed by atoms with E-state index in [1.54, 1.807) is 6.92 Å². The van der Waals surface area contributed by atoms with Gasteiger partial charge in [0.25, 0.3) is 0 Å². The molecular formula is C11H17N5O2S. The van der Waals surface area contributed by atoms with Crippen LogP contribution in [0.25, 0.3) is 0 Å². The molecule has 1 aromatic heterocycles. The summed E-state index contributed by atoms with van der Waals surface area (Å²) in [6.45, 7) is 3.02. The van der Waals surface area contributed by atoms with Gasteiger partial charge in [-0.3, -0.25) is 5.10 Å². The molecule has 104 valence electrons. The number of sulfonamides is 1. The predicted octanol–water partition coefficient (Wildman–Crippen LogP) is -0.0156. The zero-order valence-electron chi connectivity index (χ0n) is 11.0. The topological polar surface area (TPSA) is 102 Å². The molecular weight excluding hydrogens is 266 g/mol. The quantitative estimate of drug-likeness (QED) is 0.812. The first-order valence-corrected chi connectivity index (χ1v) is 7.51. The van der Waals surface area contributed by atoms with Crippen LogP contribution in [0.4, 0.5) is 0 Å². The van der Waals surface area contributed by atoms with E-state index < -0.39 is 15.6 Å². The molecule has 2 heterocycles.